The monoisotopic (exact) mass is 1240 g/mol. The van der Waals surface area contributed by atoms with Gasteiger partial charge in [0, 0.05) is 68.5 Å². The molecule has 0 saturated carbocycles. The summed E-state index contributed by atoms with van der Waals surface area (Å²) in [4.78, 5) is 207. The van der Waals surface area contributed by atoms with Gasteiger partial charge in [-0.25, -0.2) is 0 Å². The van der Waals surface area contributed by atoms with Gasteiger partial charge in [-0.1, -0.05) is 0 Å². The Bertz CT molecular complexity index is 826. The molecule has 0 radical (unpaired) electrons. The first kappa shape index (κ1) is 105. The fourth-order valence-electron chi connectivity index (χ4n) is 0.110. The highest BCUT2D eigenvalue weighted by atomic mass is 31.2. The zero-order chi connectivity index (χ0) is 55.1. The SMILES string of the molecule is CCO[P+](=O)O.O=[P+](O)O.O=[P+](O)O.O=[P+](O)O.O=[P+](O)O.O=[P+](O)O.O=[P+](O)O.O=[P+](O)O.O=[P+](O)O.O=[P+](O)O.O=[P+](O)O.O=[P+](O)O.O=[P+](O)O.O=[P+](O)O.O=[P+](O)O. The van der Waals surface area contributed by atoms with Crippen molar-refractivity contribution in [2.45, 2.75) is 6.92 Å². The minimum atomic E-state index is -2.87. The molecule has 0 heterocycles. The van der Waals surface area contributed by atoms with Gasteiger partial charge < -0.3 is 0 Å². The number of hydrogen-bond acceptors (Lipinski definition) is 16. The predicted octanol–water partition coefficient (Wildman–Crippen LogP) is -4.53. The van der Waals surface area contributed by atoms with Gasteiger partial charge in [0.15, 0.2) is 0 Å². The Morgan fingerprint density at radius 1 is 0.210 bits per heavy atom. The average Bonchev–Trinajstić information content (AvgIpc) is 2.84. The third kappa shape index (κ3) is 19500. The van der Waals surface area contributed by atoms with E-state index in [4.69, 9.17) is 206 Å². The van der Waals surface area contributed by atoms with Gasteiger partial charge in [-0.2, -0.15) is 0 Å². The van der Waals surface area contributed by atoms with Gasteiger partial charge in [-0.05, 0) is 6.92 Å². The molecule has 0 spiro atoms. The van der Waals surface area contributed by atoms with Crippen molar-refractivity contribution in [2.24, 2.45) is 0 Å². The van der Waals surface area contributed by atoms with Gasteiger partial charge in [-0.15, -0.1) is 146 Å². The normalized spacial score (nSPS) is 6.97. The van der Waals surface area contributed by atoms with E-state index in [2.05, 4.69) is 4.52 Å². The van der Waals surface area contributed by atoms with Crippen LogP contribution in [-0.4, -0.2) is 149 Å². The lowest BCUT2D eigenvalue weighted by Gasteiger charge is -1.68. The van der Waals surface area contributed by atoms with Crippen LogP contribution >= 0.6 is 124 Å². The largest absolute Gasteiger partial charge is 0.694 e. The summed E-state index contributed by atoms with van der Waals surface area (Å²) in [6.07, 6.45) is 0. The summed E-state index contributed by atoms with van der Waals surface area (Å²) >= 11 is 0. The highest BCUT2D eigenvalue weighted by molar-refractivity contribution is 7.33. The van der Waals surface area contributed by atoms with Crippen molar-refractivity contribution in [3.05, 3.63) is 0 Å². The third-order valence-electron chi connectivity index (χ3n) is 0.240. The summed E-state index contributed by atoms with van der Waals surface area (Å²) in [6, 6.07) is 0. The van der Waals surface area contributed by atoms with Gasteiger partial charge in [0.25, 0.3) is 0 Å². The smallest absolute Gasteiger partial charge is 0.134 e. The van der Waals surface area contributed by atoms with E-state index >= 15 is 0 Å². The van der Waals surface area contributed by atoms with Crippen LogP contribution in [0.3, 0.4) is 0 Å². The second-order valence-corrected chi connectivity index (χ2v) is 12.0. The van der Waals surface area contributed by atoms with Crippen LogP contribution in [0.1, 0.15) is 6.92 Å². The summed E-state index contributed by atoms with van der Waals surface area (Å²) in [6.45, 7) is 1.95. The molecule has 0 aromatic heterocycles. The molecule has 0 saturated heterocycles. The van der Waals surface area contributed by atoms with E-state index in [1.807, 2.05) is 0 Å². The molecule has 0 amide bonds. The zero-order valence-corrected chi connectivity index (χ0v) is 41.3. The molecular weight excluding hydrogens is 1210 g/mol. The topological polar surface area (TPSA) is 852 Å². The second-order valence-electron chi connectivity index (χ2n) is 4.19. The van der Waals surface area contributed by atoms with E-state index in [9.17, 15) is 4.57 Å². The molecule has 0 aliphatic rings. The highest BCUT2D eigenvalue weighted by Crippen LogP contribution is 2.12. The van der Waals surface area contributed by atoms with E-state index in [0.717, 1.165) is 0 Å². The van der Waals surface area contributed by atoms with Crippen LogP contribution in [0.15, 0.2) is 0 Å². The molecule has 0 aliphatic heterocycles. The molecule has 0 rings (SSSR count). The number of hydrogen-bond donors (Lipinski definition) is 29. The van der Waals surface area contributed by atoms with E-state index in [1.54, 1.807) is 6.92 Å². The molecule has 0 bridgehead atoms. The van der Waals surface area contributed by atoms with Crippen LogP contribution in [0, 0.1) is 0 Å². The maximum Gasteiger partial charge on any atom is 0.694 e. The molecule has 372 valence electrons. The standard InChI is InChI=1S/C2H5O3P.14HO3P/c1-2-5-6(3)4;14*1-4(2)3/h2H2,1H3;14*(H-,1,2,3)/p+15. The Balaban J connectivity index is -0.0000000294. The summed E-state index contributed by atoms with van der Waals surface area (Å²) in [5.41, 5.74) is 0. The molecule has 62 heavy (non-hydrogen) atoms. The molecule has 0 fully saturated rings. The van der Waals surface area contributed by atoms with Crippen molar-refractivity contribution >= 4 is 124 Å². The second kappa shape index (κ2) is 99.6. The fourth-order valence-corrected chi connectivity index (χ4v) is 0.331. The predicted molar refractivity (Wildman–Crippen MR) is 190 cm³/mol. The maximum absolute atomic E-state index is 9.53. The van der Waals surface area contributed by atoms with Crippen LogP contribution in [0.25, 0.3) is 0 Å². The molecule has 60 heteroatoms. The molecule has 1 unspecified atom stereocenters. The maximum atomic E-state index is 9.53. The van der Waals surface area contributed by atoms with E-state index in [-0.39, 0.29) is 0 Å². The van der Waals surface area contributed by atoms with Crippen molar-refractivity contribution in [1.82, 2.24) is 0 Å². The molecular formula is C2H34O45P15+15. The van der Waals surface area contributed by atoms with Crippen molar-refractivity contribution < 1.29 is 215 Å². The van der Waals surface area contributed by atoms with Gasteiger partial charge in [0.1, 0.15) is 6.61 Å². The minimum absolute atomic E-state index is 0.297. The van der Waals surface area contributed by atoms with Crippen LogP contribution in [0.2, 0.25) is 0 Å². The van der Waals surface area contributed by atoms with Gasteiger partial charge in [0.05, 0.1) is 0 Å². The van der Waals surface area contributed by atoms with Crippen molar-refractivity contribution in [3.8, 4) is 0 Å². The van der Waals surface area contributed by atoms with Crippen molar-refractivity contribution in [1.29, 1.82) is 0 Å². The highest BCUT2D eigenvalue weighted by Gasteiger charge is 2.06. The molecule has 0 aromatic carbocycles. The van der Waals surface area contributed by atoms with E-state index < -0.39 is 124 Å². The lowest BCUT2D eigenvalue weighted by molar-refractivity contribution is 0.297. The van der Waals surface area contributed by atoms with E-state index in [0.29, 0.717) is 6.61 Å². The summed E-state index contributed by atoms with van der Waals surface area (Å²) in [5.74, 6) is 0. The number of rotatable bonds is 2. The van der Waals surface area contributed by atoms with Crippen LogP contribution in [-0.2, 0) is 73.0 Å². The Kier molecular flexibility index (Phi) is 168. The van der Waals surface area contributed by atoms with Gasteiger partial charge in [-0.3, -0.25) is 0 Å². The van der Waals surface area contributed by atoms with Crippen LogP contribution < -0.4 is 0 Å². The van der Waals surface area contributed by atoms with Crippen LogP contribution in [0.5, 0.6) is 0 Å². The van der Waals surface area contributed by atoms with Gasteiger partial charge in [0.2, 0.25) is 0 Å². The first-order chi connectivity index (χ1) is 27.0. The molecule has 0 aliphatic carbocycles. The Morgan fingerprint density at radius 2 is 0.258 bits per heavy atom. The summed E-state index contributed by atoms with van der Waals surface area (Å²) in [7, 11) is -42.5. The van der Waals surface area contributed by atoms with Crippen molar-refractivity contribution in [2.75, 3.05) is 6.61 Å². The van der Waals surface area contributed by atoms with Crippen LogP contribution in [0.4, 0.5) is 0 Å². The van der Waals surface area contributed by atoms with Crippen molar-refractivity contribution in [3.63, 3.8) is 0 Å². The fraction of sp³-hybridized carbons (Fsp3) is 1.00. The first-order valence-electron chi connectivity index (χ1n) is 9.72. The molecule has 45 nitrogen and oxygen atoms in total. The zero-order valence-electron chi connectivity index (χ0n) is 27.9. The molecule has 29 N–H and O–H groups in total. The third-order valence-corrected chi connectivity index (χ3v) is 0.719. The Labute approximate surface area is 352 Å². The summed E-state index contributed by atoms with van der Waals surface area (Å²) < 4.78 is 135. The average molecular weight is 1240 g/mol. The first-order valence-corrected chi connectivity index (χ1v) is 27.2. The molecule has 1 atom stereocenters. The molecule has 0 aromatic rings. The minimum Gasteiger partial charge on any atom is -0.134 e. The lowest BCUT2D eigenvalue weighted by Crippen LogP contribution is -1.72. The summed E-state index contributed by atoms with van der Waals surface area (Å²) in [5, 5.41) is 0. The lowest BCUT2D eigenvalue weighted by atomic mass is 10.9. The Hall–Kier alpha value is 0.300. The van der Waals surface area contributed by atoms with Gasteiger partial charge >= 0.3 is 124 Å². The quantitative estimate of drug-likeness (QED) is 0.116. The van der Waals surface area contributed by atoms with E-state index in [1.165, 1.54) is 0 Å². The Morgan fingerprint density at radius 3 is 0.258 bits per heavy atom.